The van der Waals surface area contributed by atoms with Gasteiger partial charge in [0.2, 0.25) is 0 Å². The molecule has 0 atom stereocenters. The molecule has 0 aliphatic carbocycles. The van der Waals surface area contributed by atoms with Crippen molar-refractivity contribution in [3.8, 4) is 0 Å². The Morgan fingerprint density at radius 2 is 1.59 bits per heavy atom. The fourth-order valence-corrected chi connectivity index (χ4v) is 1.92. The van der Waals surface area contributed by atoms with Gasteiger partial charge in [-0.1, -0.05) is 6.07 Å². The number of pyridine rings is 2. The van der Waals surface area contributed by atoms with Crippen LogP contribution in [0.15, 0.2) is 42.7 Å². The molecular weight excluding hydrogens is 293 g/mol. The molecule has 2 rings (SSSR count). The Kier molecular flexibility index (Phi) is 5.57. The van der Waals surface area contributed by atoms with Crippen LogP contribution in [-0.4, -0.2) is 23.1 Å². The summed E-state index contributed by atoms with van der Waals surface area (Å²) >= 11 is 0. The highest BCUT2D eigenvalue weighted by molar-refractivity contribution is 5.45. The first-order valence-electron chi connectivity index (χ1n) is 6.98. The second kappa shape index (κ2) is 7.63. The van der Waals surface area contributed by atoms with Crippen molar-refractivity contribution >= 4 is 11.6 Å². The molecule has 2 aromatic heterocycles. The van der Waals surface area contributed by atoms with Gasteiger partial charge in [0.15, 0.2) is 0 Å². The third-order valence-corrected chi connectivity index (χ3v) is 2.98. The maximum absolute atomic E-state index is 12.8. The number of nitrogens with zero attached hydrogens (tertiary/aromatic N) is 2. The van der Waals surface area contributed by atoms with Crippen LogP contribution >= 0.6 is 0 Å². The van der Waals surface area contributed by atoms with Crippen LogP contribution in [0, 0.1) is 0 Å². The molecule has 2 N–H and O–H groups in total. The topological polar surface area (TPSA) is 49.8 Å². The molecule has 0 saturated carbocycles. The van der Waals surface area contributed by atoms with E-state index in [9.17, 15) is 13.2 Å². The summed E-state index contributed by atoms with van der Waals surface area (Å²) < 4.78 is 38.3. The van der Waals surface area contributed by atoms with Crippen LogP contribution in [0.1, 0.15) is 18.4 Å². The molecule has 0 radical (unpaired) electrons. The van der Waals surface area contributed by atoms with Gasteiger partial charge in [0.05, 0.1) is 5.56 Å². The highest BCUT2D eigenvalue weighted by atomic mass is 19.4. The summed E-state index contributed by atoms with van der Waals surface area (Å²) in [5.74, 6) is 0.673. The van der Waals surface area contributed by atoms with Crippen LogP contribution in [0.3, 0.4) is 0 Å². The number of hydrogen-bond donors (Lipinski definition) is 2. The van der Waals surface area contributed by atoms with Crippen LogP contribution in [-0.2, 0) is 6.18 Å². The fraction of sp³-hybridized carbons (Fsp3) is 0.333. The van der Waals surface area contributed by atoms with Crippen molar-refractivity contribution in [3.05, 3.63) is 48.3 Å². The highest BCUT2D eigenvalue weighted by Gasteiger charge is 2.33. The third-order valence-electron chi connectivity index (χ3n) is 2.98. The van der Waals surface area contributed by atoms with E-state index < -0.39 is 11.7 Å². The van der Waals surface area contributed by atoms with Gasteiger partial charge in [-0.25, -0.2) is 9.97 Å². The van der Waals surface area contributed by atoms with E-state index in [0.717, 1.165) is 24.7 Å². The summed E-state index contributed by atoms with van der Waals surface area (Å²) in [5, 5.41) is 5.89. The first-order chi connectivity index (χ1) is 10.6. The van der Waals surface area contributed by atoms with E-state index in [2.05, 4.69) is 20.6 Å². The van der Waals surface area contributed by atoms with Crippen molar-refractivity contribution in [3.63, 3.8) is 0 Å². The molecule has 2 aromatic rings. The maximum Gasteiger partial charge on any atom is 0.419 e. The summed E-state index contributed by atoms with van der Waals surface area (Å²) in [6.45, 7) is 1.15. The minimum Gasteiger partial charge on any atom is -0.370 e. The van der Waals surface area contributed by atoms with Gasteiger partial charge in [-0.15, -0.1) is 0 Å². The summed E-state index contributed by atoms with van der Waals surface area (Å²) in [4.78, 5) is 7.87. The summed E-state index contributed by atoms with van der Waals surface area (Å²) in [5.41, 5.74) is -0.735. The number of anilines is 2. The lowest BCUT2D eigenvalue weighted by molar-refractivity contribution is -0.137. The van der Waals surface area contributed by atoms with E-state index in [1.54, 1.807) is 6.20 Å². The molecule has 0 unspecified atom stereocenters. The number of halogens is 3. The van der Waals surface area contributed by atoms with Crippen molar-refractivity contribution in [2.24, 2.45) is 0 Å². The Hall–Kier alpha value is -2.31. The molecule has 0 bridgehead atoms. The van der Waals surface area contributed by atoms with E-state index in [-0.39, 0.29) is 5.82 Å². The molecule has 4 nitrogen and oxygen atoms in total. The van der Waals surface area contributed by atoms with Crippen LogP contribution < -0.4 is 10.6 Å². The number of aromatic nitrogens is 2. The van der Waals surface area contributed by atoms with Gasteiger partial charge in [0, 0.05) is 25.5 Å². The first kappa shape index (κ1) is 16.1. The Labute approximate surface area is 126 Å². The van der Waals surface area contributed by atoms with Gasteiger partial charge >= 0.3 is 6.18 Å². The maximum atomic E-state index is 12.8. The molecular formula is C15H17F3N4. The highest BCUT2D eigenvalue weighted by Crippen LogP contribution is 2.33. The number of rotatable bonds is 7. The average Bonchev–Trinajstić information content (AvgIpc) is 2.51. The van der Waals surface area contributed by atoms with Crippen molar-refractivity contribution in [2.45, 2.75) is 19.0 Å². The standard InChI is InChI=1S/C15H17F3N4/c16-15(17,18)12-6-5-11-22-14(12)21-10-4-3-9-20-13-7-1-2-8-19-13/h1-2,5-8,11H,3-4,9-10H2,(H,19,20)(H,21,22). The van der Waals surface area contributed by atoms with E-state index in [1.807, 2.05) is 18.2 Å². The number of nitrogens with one attached hydrogen (secondary N) is 2. The van der Waals surface area contributed by atoms with Crippen LogP contribution in [0.4, 0.5) is 24.8 Å². The second-order valence-corrected chi connectivity index (χ2v) is 4.67. The third kappa shape index (κ3) is 4.91. The van der Waals surface area contributed by atoms with Crippen LogP contribution in [0.2, 0.25) is 0 Å². The van der Waals surface area contributed by atoms with Crippen molar-refractivity contribution in [1.29, 1.82) is 0 Å². The zero-order chi connectivity index (χ0) is 15.8. The summed E-state index contributed by atoms with van der Waals surface area (Å²) in [6, 6.07) is 7.89. The quantitative estimate of drug-likeness (QED) is 0.764. The SMILES string of the molecule is FC(F)(F)c1cccnc1NCCCCNc1ccccn1. The number of unbranched alkanes of at least 4 members (excludes halogenated alkanes) is 1. The number of hydrogen-bond acceptors (Lipinski definition) is 4. The lowest BCUT2D eigenvalue weighted by atomic mass is 10.2. The molecule has 0 spiro atoms. The van der Waals surface area contributed by atoms with Crippen LogP contribution in [0.5, 0.6) is 0 Å². The molecule has 0 fully saturated rings. The lowest BCUT2D eigenvalue weighted by Crippen LogP contribution is -2.13. The largest absolute Gasteiger partial charge is 0.419 e. The molecule has 0 aliphatic rings. The zero-order valence-electron chi connectivity index (χ0n) is 11.9. The summed E-state index contributed by atoms with van der Waals surface area (Å²) in [6.07, 6.45) is 0.201. The minimum absolute atomic E-state index is 0.118. The monoisotopic (exact) mass is 310 g/mol. The van der Waals surface area contributed by atoms with Crippen molar-refractivity contribution < 1.29 is 13.2 Å². The molecule has 118 valence electrons. The van der Waals surface area contributed by atoms with E-state index in [0.29, 0.717) is 13.1 Å². The molecule has 0 aliphatic heterocycles. The Balaban J connectivity index is 1.71. The van der Waals surface area contributed by atoms with E-state index in [1.165, 1.54) is 12.3 Å². The van der Waals surface area contributed by atoms with Crippen molar-refractivity contribution in [2.75, 3.05) is 23.7 Å². The average molecular weight is 310 g/mol. The smallest absolute Gasteiger partial charge is 0.370 e. The molecule has 7 heteroatoms. The molecule has 2 heterocycles. The fourth-order valence-electron chi connectivity index (χ4n) is 1.92. The van der Waals surface area contributed by atoms with Gasteiger partial charge in [0.25, 0.3) is 0 Å². The second-order valence-electron chi connectivity index (χ2n) is 4.67. The Morgan fingerprint density at radius 3 is 2.27 bits per heavy atom. The van der Waals surface area contributed by atoms with Gasteiger partial charge in [-0.3, -0.25) is 0 Å². The Bertz CT molecular complexity index is 573. The predicted octanol–water partition coefficient (Wildman–Crippen LogP) is 3.80. The van der Waals surface area contributed by atoms with Crippen LogP contribution in [0.25, 0.3) is 0 Å². The molecule has 22 heavy (non-hydrogen) atoms. The lowest BCUT2D eigenvalue weighted by Gasteiger charge is -2.13. The molecule has 0 saturated heterocycles. The first-order valence-corrected chi connectivity index (χ1v) is 6.98. The predicted molar refractivity (Wildman–Crippen MR) is 79.7 cm³/mol. The molecule has 0 aromatic carbocycles. The number of alkyl halides is 3. The minimum atomic E-state index is -4.39. The van der Waals surface area contributed by atoms with E-state index >= 15 is 0 Å². The zero-order valence-corrected chi connectivity index (χ0v) is 11.9. The van der Waals surface area contributed by atoms with Gasteiger partial charge in [-0.2, -0.15) is 13.2 Å². The summed E-state index contributed by atoms with van der Waals surface area (Å²) in [7, 11) is 0. The van der Waals surface area contributed by atoms with Crippen molar-refractivity contribution in [1.82, 2.24) is 9.97 Å². The van der Waals surface area contributed by atoms with Gasteiger partial charge in [0.1, 0.15) is 11.6 Å². The van der Waals surface area contributed by atoms with Gasteiger partial charge < -0.3 is 10.6 Å². The Morgan fingerprint density at radius 1 is 0.864 bits per heavy atom. The van der Waals surface area contributed by atoms with E-state index in [4.69, 9.17) is 0 Å². The van der Waals surface area contributed by atoms with Gasteiger partial charge in [-0.05, 0) is 37.1 Å². The molecule has 0 amide bonds. The normalized spacial score (nSPS) is 11.2.